The van der Waals surface area contributed by atoms with Gasteiger partial charge < -0.3 is 4.74 Å². The number of methoxy groups -OCH3 is 1. The molecule has 1 aromatic heterocycles. The van der Waals surface area contributed by atoms with Gasteiger partial charge in [0.25, 0.3) is 0 Å². The van der Waals surface area contributed by atoms with E-state index in [1.165, 1.54) is 6.33 Å². The molecule has 1 rings (SSSR count). The van der Waals surface area contributed by atoms with E-state index >= 15 is 0 Å². The number of hydrogen-bond donors (Lipinski definition) is 0. The molecule has 0 spiro atoms. The number of rotatable bonds is 3. The van der Waals surface area contributed by atoms with Crippen molar-refractivity contribution in [3.8, 4) is 0 Å². The first-order chi connectivity index (χ1) is 4.88. The second-order valence-corrected chi connectivity index (χ2v) is 1.93. The molecule has 0 aromatic carbocycles. The van der Waals surface area contributed by atoms with Gasteiger partial charge in [-0.25, -0.2) is 9.67 Å². The molecule has 0 aliphatic heterocycles. The molecular weight excluding hydrogens is 130 g/mol. The highest BCUT2D eigenvalue weighted by atomic mass is 16.5. The molecule has 1 aromatic rings. The maximum atomic E-state index is 4.91. The summed E-state index contributed by atoms with van der Waals surface area (Å²) >= 11 is 0. The van der Waals surface area contributed by atoms with E-state index in [0.29, 0.717) is 6.61 Å². The van der Waals surface area contributed by atoms with Crippen LogP contribution in [-0.2, 0) is 17.9 Å². The van der Waals surface area contributed by atoms with E-state index in [2.05, 4.69) is 10.1 Å². The minimum Gasteiger partial charge on any atom is -0.377 e. The van der Waals surface area contributed by atoms with Gasteiger partial charge >= 0.3 is 0 Å². The average molecular weight is 141 g/mol. The van der Waals surface area contributed by atoms with Crippen molar-refractivity contribution in [2.45, 2.75) is 20.1 Å². The number of hydrogen-bond acceptors (Lipinski definition) is 3. The van der Waals surface area contributed by atoms with E-state index < -0.39 is 0 Å². The molecule has 56 valence electrons. The predicted molar refractivity (Wildman–Crippen MR) is 36.4 cm³/mol. The fourth-order valence-corrected chi connectivity index (χ4v) is 0.793. The molecule has 0 aliphatic carbocycles. The summed E-state index contributed by atoms with van der Waals surface area (Å²) in [6.45, 7) is 3.40. The van der Waals surface area contributed by atoms with Gasteiger partial charge in [0.2, 0.25) is 0 Å². The lowest BCUT2D eigenvalue weighted by atomic mass is 10.6. The third-order valence-corrected chi connectivity index (χ3v) is 1.27. The van der Waals surface area contributed by atoms with Crippen molar-refractivity contribution in [3.63, 3.8) is 0 Å². The van der Waals surface area contributed by atoms with Crippen LogP contribution in [0.4, 0.5) is 0 Å². The summed E-state index contributed by atoms with van der Waals surface area (Å²) in [6.07, 6.45) is 1.54. The lowest BCUT2D eigenvalue weighted by molar-refractivity contribution is 0.173. The first kappa shape index (κ1) is 7.21. The zero-order valence-electron chi connectivity index (χ0n) is 6.24. The summed E-state index contributed by atoms with van der Waals surface area (Å²) in [5.41, 5.74) is 0. The summed E-state index contributed by atoms with van der Waals surface area (Å²) in [5.74, 6) is 0.880. The van der Waals surface area contributed by atoms with Crippen LogP contribution < -0.4 is 0 Å². The van der Waals surface area contributed by atoms with E-state index in [1.807, 2.05) is 11.6 Å². The van der Waals surface area contributed by atoms with Crippen LogP contribution in [0.2, 0.25) is 0 Å². The van der Waals surface area contributed by atoms with Crippen LogP contribution in [0.1, 0.15) is 12.7 Å². The fourth-order valence-electron chi connectivity index (χ4n) is 0.793. The number of aromatic nitrogens is 3. The Morgan fingerprint density at radius 2 is 2.50 bits per heavy atom. The number of nitrogens with zero attached hydrogens (tertiary/aromatic N) is 3. The predicted octanol–water partition coefficient (Wildman–Crippen LogP) is 0.444. The molecule has 4 heteroatoms. The Morgan fingerprint density at radius 3 is 3.10 bits per heavy atom. The van der Waals surface area contributed by atoms with Gasteiger partial charge in [-0.15, -0.1) is 0 Å². The van der Waals surface area contributed by atoms with Crippen molar-refractivity contribution in [2.75, 3.05) is 7.11 Å². The van der Waals surface area contributed by atoms with Gasteiger partial charge in [0.05, 0.1) is 0 Å². The van der Waals surface area contributed by atoms with Crippen LogP contribution in [-0.4, -0.2) is 21.9 Å². The van der Waals surface area contributed by atoms with Gasteiger partial charge in [-0.1, -0.05) is 0 Å². The number of aryl methyl sites for hydroxylation is 1. The topological polar surface area (TPSA) is 39.9 Å². The van der Waals surface area contributed by atoms with Crippen molar-refractivity contribution in [1.29, 1.82) is 0 Å². The van der Waals surface area contributed by atoms with Gasteiger partial charge in [0, 0.05) is 13.7 Å². The lowest BCUT2D eigenvalue weighted by Crippen LogP contribution is -2.04. The second kappa shape index (κ2) is 3.31. The molecule has 0 radical (unpaired) electrons. The average Bonchev–Trinajstić information content (AvgIpc) is 2.36. The summed E-state index contributed by atoms with van der Waals surface area (Å²) in [7, 11) is 1.65. The fraction of sp³-hybridized carbons (Fsp3) is 0.667. The molecule has 4 nitrogen and oxygen atoms in total. The van der Waals surface area contributed by atoms with E-state index in [9.17, 15) is 0 Å². The molecule has 0 amide bonds. The van der Waals surface area contributed by atoms with Gasteiger partial charge in [-0.3, -0.25) is 0 Å². The monoisotopic (exact) mass is 141 g/mol. The Bertz CT molecular complexity index is 197. The van der Waals surface area contributed by atoms with E-state index in [-0.39, 0.29) is 0 Å². The highest BCUT2D eigenvalue weighted by Crippen LogP contribution is 1.94. The first-order valence-electron chi connectivity index (χ1n) is 3.24. The van der Waals surface area contributed by atoms with Crippen LogP contribution >= 0.6 is 0 Å². The zero-order valence-corrected chi connectivity index (χ0v) is 6.24. The van der Waals surface area contributed by atoms with Crippen LogP contribution in [0.25, 0.3) is 0 Å². The van der Waals surface area contributed by atoms with Crippen molar-refractivity contribution in [1.82, 2.24) is 14.8 Å². The maximum absolute atomic E-state index is 4.91. The maximum Gasteiger partial charge on any atom is 0.152 e. The smallest absolute Gasteiger partial charge is 0.152 e. The van der Waals surface area contributed by atoms with Crippen LogP contribution in [0.15, 0.2) is 6.33 Å². The lowest BCUT2D eigenvalue weighted by Gasteiger charge is -1.99. The molecule has 0 saturated carbocycles. The highest BCUT2D eigenvalue weighted by Gasteiger charge is 1.98. The molecular formula is C6H11N3O. The number of ether oxygens (including phenoxy) is 1. The summed E-state index contributed by atoms with van der Waals surface area (Å²) in [6, 6.07) is 0. The van der Waals surface area contributed by atoms with Crippen molar-refractivity contribution >= 4 is 0 Å². The SMILES string of the molecule is CCn1ncnc1COC. The Balaban J connectivity index is 2.70. The van der Waals surface area contributed by atoms with E-state index in [4.69, 9.17) is 4.74 Å². The van der Waals surface area contributed by atoms with Gasteiger partial charge in [-0.05, 0) is 6.92 Å². The molecule has 0 aliphatic rings. The molecule has 0 N–H and O–H groups in total. The van der Waals surface area contributed by atoms with Gasteiger partial charge in [0.15, 0.2) is 5.82 Å². The minimum atomic E-state index is 0.536. The summed E-state index contributed by atoms with van der Waals surface area (Å²) < 4.78 is 6.71. The van der Waals surface area contributed by atoms with Gasteiger partial charge in [0.1, 0.15) is 12.9 Å². The largest absolute Gasteiger partial charge is 0.377 e. The third-order valence-electron chi connectivity index (χ3n) is 1.27. The standard InChI is InChI=1S/C6H11N3O/c1-3-9-6(4-10-2)7-5-8-9/h5H,3-4H2,1-2H3. The molecule has 0 bridgehead atoms. The Kier molecular flexibility index (Phi) is 2.39. The Hall–Kier alpha value is -0.900. The molecule has 10 heavy (non-hydrogen) atoms. The third kappa shape index (κ3) is 1.33. The first-order valence-corrected chi connectivity index (χ1v) is 3.24. The molecule has 0 fully saturated rings. The summed E-state index contributed by atoms with van der Waals surface area (Å²) in [4.78, 5) is 4.00. The molecule has 0 unspecified atom stereocenters. The zero-order chi connectivity index (χ0) is 7.40. The quantitative estimate of drug-likeness (QED) is 0.613. The summed E-state index contributed by atoms with van der Waals surface area (Å²) in [5, 5.41) is 3.98. The van der Waals surface area contributed by atoms with Gasteiger partial charge in [-0.2, -0.15) is 5.10 Å². The molecule has 1 heterocycles. The Labute approximate surface area is 59.8 Å². The van der Waals surface area contributed by atoms with E-state index in [0.717, 1.165) is 12.4 Å². The van der Waals surface area contributed by atoms with Crippen LogP contribution in [0.3, 0.4) is 0 Å². The van der Waals surface area contributed by atoms with Crippen molar-refractivity contribution in [2.24, 2.45) is 0 Å². The molecule has 0 atom stereocenters. The van der Waals surface area contributed by atoms with E-state index in [1.54, 1.807) is 7.11 Å². The van der Waals surface area contributed by atoms with Crippen LogP contribution in [0.5, 0.6) is 0 Å². The van der Waals surface area contributed by atoms with Crippen molar-refractivity contribution in [3.05, 3.63) is 12.2 Å². The minimum absolute atomic E-state index is 0.536. The van der Waals surface area contributed by atoms with Crippen molar-refractivity contribution < 1.29 is 4.74 Å². The molecule has 0 saturated heterocycles. The normalized spacial score (nSPS) is 10.2. The Morgan fingerprint density at radius 1 is 1.70 bits per heavy atom. The second-order valence-electron chi connectivity index (χ2n) is 1.93. The van der Waals surface area contributed by atoms with Crippen LogP contribution in [0, 0.1) is 0 Å². The highest BCUT2D eigenvalue weighted by molar-refractivity contribution is 4.80.